The van der Waals surface area contributed by atoms with E-state index in [0.717, 1.165) is 71.9 Å². The van der Waals surface area contributed by atoms with Crippen LogP contribution in [0, 0.1) is 25.2 Å². The molecule has 0 aliphatic rings. The van der Waals surface area contributed by atoms with E-state index in [-0.39, 0.29) is 5.56 Å². The van der Waals surface area contributed by atoms with Crippen molar-refractivity contribution in [3.05, 3.63) is 192 Å². The van der Waals surface area contributed by atoms with Gasteiger partial charge in [0.25, 0.3) is 0 Å². The van der Waals surface area contributed by atoms with E-state index in [1.165, 1.54) is 11.6 Å². The van der Waals surface area contributed by atoms with Crippen LogP contribution in [0.2, 0.25) is 0 Å². The Hall–Kier alpha value is -7.36. The molecule has 2 heterocycles. The molecular weight excluding hydrogens is 724 g/mol. The van der Waals surface area contributed by atoms with Gasteiger partial charge in [-0.2, -0.15) is 18.4 Å². The molecule has 3 nitrogen and oxygen atoms in total. The van der Waals surface area contributed by atoms with E-state index in [2.05, 4.69) is 73.7 Å². The molecule has 0 aliphatic carbocycles. The van der Waals surface area contributed by atoms with E-state index in [4.69, 9.17) is 0 Å². The van der Waals surface area contributed by atoms with E-state index < -0.39 is 11.7 Å². The van der Waals surface area contributed by atoms with Gasteiger partial charge in [-0.05, 0) is 102 Å². The van der Waals surface area contributed by atoms with E-state index >= 15 is 13.2 Å². The third-order valence-corrected chi connectivity index (χ3v) is 11.4. The number of nitrogens with zero attached hydrogens (tertiary/aromatic N) is 3. The maximum Gasteiger partial charge on any atom is 0.417 e. The number of fused-ring (bicyclic) bond motifs is 6. The first kappa shape index (κ1) is 35.1. The molecule has 0 aliphatic heterocycles. The van der Waals surface area contributed by atoms with Crippen molar-refractivity contribution in [2.24, 2.45) is 0 Å². The number of alkyl halides is 3. The molecule has 0 bridgehead atoms. The zero-order valence-corrected chi connectivity index (χ0v) is 31.6. The number of hydrogen-bond acceptors (Lipinski definition) is 1. The first-order valence-corrected chi connectivity index (χ1v) is 19.1. The third kappa shape index (κ3) is 5.58. The van der Waals surface area contributed by atoms with E-state index in [1.807, 2.05) is 88.0 Å². The average Bonchev–Trinajstić information content (AvgIpc) is 3.75. The fourth-order valence-electron chi connectivity index (χ4n) is 8.70. The SMILES string of the molecule is Cc1ccc(-c2ccc3c(c2)c2ccccc2n3-c2cc(-c3c(C)cccc3C(F)(F)F)c(-n3c4ccccc4c4cc(-c5ccccc5)ccc43)cc2C#N)cc1. The van der Waals surface area contributed by atoms with Gasteiger partial charge in [-0.3, -0.25) is 0 Å². The first-order valence-electron chi connectivity index (χ1n) is 19.1. The van der Waals surface area contributed by atoms with Gasteiger partial charge < -0.3 is 9.13 Å². The molecule has 0 atom stereocenters. The number of rotatable bonds is 5. The van der Waals surface area contributed by atoms with E-state index in [1.54, 1.807) is 25.1 Å². The summed E-state index contributed by atoms with van der Waals surface area (Å²) >= 11 is 0. The minimum Gasteiger partial charge on any atom is -0.309 e. The van der Waals surface area contributed by atoms with Crippen molar-refractivity contribution in [1.29, 1.82) is 5.26 Å². The van der Waals surface area contributed by atoms with Gasteiger partial charge in [0, 0.05) is 27.1 Å². The molecule has 0 saturated heterocycles. The molecule has 0 saturated carbocycles. The maximum atomic E-state index is 15.2. The zero-order valence-electron chi connectivity index (χ0n) is 31.6. The van der Waals surface area contributed by atoms with Crippen molar-refractivity contribution < 1.29 is 13.2 Å². The summed E-state index contributed by atoms with van der Waals surface area (Å²) < 4.78 is 49.6. The van der Waals surface area contributed by atoms with Crippen LogP contribution in [0.3, 0.4) is 0 Å². The van der Waals surface area contributed by atoms with Crippen LogP contribution in [0.1, 0.15) is 22.3 Å². The van der Waals surface area contributed by atoms with Crippen LogP contribution < -0.4 is 0 Å². The molecule has 0 spiro atoms. The fraction of sp³-hybridized carbons (Fsp3) is 0.0577. The van der Waals surface area contributed by atoms with Crippen molar-refractivity contribution in [2.75, 3.05) is 0 Å². The van der Waals surface area contributed by atoms with Crippen molar-refractivity contribution in [3.8, 4) is 50.8 Å². The van der Waals surface area contributed by atoms with Gasteiger partial charge >= 0.3 is 6.18 Å². The molecule has 8 aromatic carbocycles. The standard InChI is InChI=1S/C52H34F3N3/c1-32-19-21-35(22-20-32)37-24-25-47-41(28-37)39-14-6-8-17-45(39)57(47)49-30-43(51-33(2)11-10-16-44(51)52(53,54)55)50(29-38(49)31-56)58-46-18-9-7-15-40(46)42-27-36(23-26-48(42)58)34-12-4-3-5-13-34/h3-30H,1-2H3. The molecule has 0 radical (unpaired) electrons. The van der Waals surface area contributed by atoms with Crippen LogP contribution in [-0.4, -0.2) is 9.13 Å². The second-order valence-corrected chi connectivity index (χ2v) is 14.9. The van der Waals surface area contributed by atoms with Gasteiger partial charge in [-0.25, -0.2) is 0 Å². The quantitative estimate of drug-likeness (QED) is 0.172. The predicted octanol–water partition coefficient (Wildman–Crippen LogP) is 14.4. The molecule has 2 aromatic heterocycles. The molecule has 6 heteroatoms. The lowest BCUT2D eigenvalue weighted by Crippen LogP contribution is -2.10. The van der Waals surface area contributed by atoms with E-state index in [9.17, 15) is 5.26 Å². The van der Waals surface area contributed by atoms with Gasteiger partial charge in [0.2, 0.25) is 0 Å². The molecule has 0 fully saturated rings. The molecule has 10 aromatic rings. The second-order valence-electron chi connectivity index (χ2n) is 14.9. The summed E-state index contributed by atoms with van der Waals surface area (Å²) in [5, 5.41) is 14.9. The van der Waals surface area contributed by atoms with Crippen molar-refractivity contribution in [3.63, 3.8) is 0 Å². The number of para-hydroxylation sites is 2. The highest BCUT2D eigenvalue weighted by Gasteiger charge is 2.35. The Morgan fingerprint density at radius 2 is 0.983 bits per heavy atom. The molecule has 278 valence electrons. The summed E-state index contributed by atoms with van der Waals surface area (Å²) in [5.41, 5.74) is 10.2. The van der Waals surface area contributed by atoms with Gasteiger partial charge in [0.1, 0.15) is 6.07 Å². The van der Waals surface area contributed by atoms with Gasteiger partial charge in [-0.15, -0.1) is 0 Å². The van der Waals surface area contributed by atoms with Crippen molar-refractivity contribution >= 4 is 43.6 Å². The predicted molar refractivity (Wildman–Crippen MR) is 231 cm³/mol. The Balaban J connectivity index is 1.31. The molecule has 10 rings (SSSR count). The number of benzene rings is 8. The van der Waals surface area contributed by atoms with Crippen LogP contribution in [-0.2, 0) is 6.18 Å². The Bertz CT molecular complexity index is 3290. The summed E-state index contributed by atoms with van der Waals surface area (Å²) in [7, 11) is 0. The molecular formula is C52H34F3N3. The third-order valence-electron chi connectivity index (χ3n) is 11.4. The molecule has 58 heavy (non-hydrogen) atoms. The summed E-state index contributed by atoms with van der Waals surface area (Å²) in [6.45, 7) is 3.78. The topological polar surface area (TPSA) is 33.6 Å². The Morgan fingerprint density at radius 1 is 0.466 bits per heavy atom. The zero-order chi connectivity index (χ0) is 39.7. The number of aromatic nitrogens is 2. The van der Waals surface area contributed by atoms with Crippen molar-refractivity contribution in [2.45, 2.75) is 20.0 Å². The smallest absolute Gasteiger partial charge is 0.309 e. The molecule has 0 N–H and O–H groups in total. The average molecular weight is 758 g/mol. The van der Waals surface area contributed by atoms with Crippen LogP contribution >= 0.6 is 0 Å². The van der Waals surface area contributed by atoms with Crippen LogP contribution in [0.4, 0.5) is 13.2 Å². The van der Waals surface area contributed by atoms with Crippen LogP contribution in [0.15, 0.2) is 170 Å². The fourth-order valence-corrected chi connectivity index (χ4v) is 8.70. The van der Waals surface area contributed by atoms with Gasteiger partial charge in [-0.1, -0.05) is 121 Å². The van der Waals surface area contributed by atoms with Gasteiger partial charge in [0.15, 0.2) is 0 Å². The monoisotopic (exact) mass is 757 g/mol. The molecule has 0 amide bonds. The summed E-state index contributed by atoms with van der Waals surface area (Å²) in [5.74, 6) is 0. The van der Waals surface area contributed by atoms with Gasteiger partial charge in [0.05, 0.1) is 44.6 Å². The minimum absolute atomic E-state index is 0.0741. The number of nitriles is 1. The lowest BCUT2D eigenvalue weighted by molar-refractivity contribution is -0.137. The summed E-state index contributed by atoms with van der Waals surface area (Å²) in [6.07, 6.45) is -4.64. The summed E-state index contributed by atoms with van der Waals surface area (Å²) in [4.78, 5) is 0. The Kier molecular flexibility index (Phi) is 8.10. The van der Waals surface area contributed by atoms with E-state index in [0.29, 0.717) is 28.1 Å². The normalized spacial score (nSPS) is 11.9. The Morgan fingerprint density at radius 3 is 1.57 bits per heavy atom. The number of aryl methyl sites for hydroxylation is 2. The van der Waals surface area contributed by atoms with Crippen molar-refractivity contribution in [1.82, 2.24) is 9.13 Å². The molecule has 0 unspecified atom stereocenters. The van der Waals surface area contributed by atoms with Crippen LogP contribution in [0.5, 0.6) is 0 Å². The minimum atomic E-state index is -4.64. The largest absolute Gasteiger partial charge is 0.417 e. The number of halogens is 3. The highest BCUT2D eigenvalue weighted by Crippen LogP contribution is 2.46. The number of hydrogen-bond donors (Lipinski definition) is 0. The maximum absolute atomic E-state index is 15.2. The summed E-state index contributed by atoms with van der Waals surface area (Å²) in [6, 6.07) is 57.3. The Labute approximate surface area is 333 Å². The lowest BCUT2D eigenvalue weighted by atomic mass is 9.91. The highest BCUT2D eigenvalue weighted by molar-refractivity contribution is 6.12. The van der Waals surface area contributed by atoms with Crippen LogP contribution in [0.25, 0.3) is 88.4 Å². The highest BCUT2D eigenvalue weighted by atomic mass is 19.4. The first-order chi connectivity index (χ1) is 28.2. The lowest BCUT2D eigenvalue weighted by Gasteiger charge is -2.22. The second kappa shape index (κ2) is 13.4.